The van der Waals surface area contributed by atoms with Crippen molar-refractivity contribution in [2.24, 2.45) is 4.99 Å². The second-order valence-electron chi connectivity index (χ2n) is 6.58. The highest BCUT2D eigenvalue weighted by molar-refractivity contribution is 14.0. The van der Waals surface area contributed by atoms with Crippen LogP contribution in [0.1, 0.15) is 44.6 Å². The van der Waals surface area contributed by atoms with Crippen molar-refractivity contribution in [3.8, 4) is 0 Å². The highest BCUT2D eigenvalue weighted by Gasteiger charge is 2.39. The SMILES string of the molecule is CCN=C(NC1CC1c1ccc(Br)cc1)N1CCC(OCC)CC1.I. The van der Waals surface area contributed by atoms with Crippen LogP contribution in [0.4, 0.5) is 0 Å². The molecule has 0 bridgehead atoms. The van der Waals surface area contributed by atoms with Crippen molar-refractivity contribution < 1.29 is 4.74 Å². The van der Waals surface area contributed by atoms with Crippen LogP contribution >= 0.6 is 39.9 Å². The molecule has 2 atom stereocenters. The van der Waals surface area contributed by atoms with E-state index in [0.29, 0.717) is 18.1 Å². The smallest absolute Gasteiger partial charge is 0.194 e. The molecule has 2 unspecified atom stereocenters. The van der Waals surface area contributed by atoms with Crippen LogP contribution in [0.3, 0.4) is 0 Å². The van der Waals surface area contributed by atoms with Gasteiger partial charge < -0.3 is 15.0 Å². The van der Waals surface area contributed by atoms with Gasteiger partial charge in [0.1, 0.15) is 0 Å². The Hall–Kier alpha value is -0.340. The third kappa shape index (κ3) is 5.82. The number of likely N-dealkylation sites (tertiary alicyclic amines) is 1. The first-order chi connectivity index (χ1) is 11.7. The first-order valence-electron chi connectivity index (χ1n) is 9.14. The van der Waals surface area contributed by atoms with Gasteiger partial charge in [0.25, 0.3) is 0 Å². The van der Waals surface area contributed by atoms with E-state index < -0.39 is 0 Å². The maximum Gasteiger partial charge on any atom is 0.194 e. The summed E-state index contributed by atoms with van der Waals surface area (Å²) in [5.74, 6) is 1.69. The number of nitrogens with one attached hydrogen (secondary N) is 1. The van der Waals surface area contributed by atoms with E-state index >= 15 is 0 Å². The largest absolute Gasteiger partial charge is 0.378 e. The van der Waals surface area contributed by atoms with E-state index in [2.05, 4.69) is 64.3 Å². The summed E-state index contributed by atoms with van der Waals surface area (Å²) >= 11 is 3.51. The van der Waals surface area contributed by atoms with Crippen LogP contribution in [-0.2, 0) is 4.74 Å². The van der Waals surface area contributed by atoms with Crippen LogP contribution in [0.2, 0.25) is 0 Å². The molecule has 1 heterocycles. The topological polar surface area (TPSA) is 36.9 Å². The molecule has 1 saturated carbocycles. The summed E-state index contributed by atoms with van der Waals surface area (Å²) in [6.07, 6.45) is 3.81. The first-order valence-corrected chi connectivity index (χ1v) is 9.93. The molecule has 0 aromatic heterocycles. The molecular formula is C19H29BrIN3O. The Morgan fingerprint density at radius 1 is 1.24 bits per heavy atom. The van der Waals surface area contributed by atoms with Gasteiger partial charge in [-0.05, 0) is 50.8 Å². The van der Waals surface area contributed by atoms with Crippen LogP contribution in [0.5, 0.6) is 0 Å². The average molecular weight is 522 g/mol. The minimum Gasteiger partial charge on any atom is -0.378 e. The van der Waals surface area contributed by atoms with E-state index in [-0.39, 0.29) is 24.0 Å². The Morgan fingerprint density at radius 3 is 2.52 bits per heavy atom. The van der Waals surface area contributed by atoms with Crippen LogP contribution < -0.4 is 5.32 Å². The summed E-state index contributed by atoms with van der Waals surface area (Å²) in [4.78, 5) is 7.12. The Labute approximate surface area is 176 Å². The quantitative estimate of drug-likeness (QED) is 0.354. The maximum absolute atomic E-state index is 5.76. The molecule has 4 nitrogen and oxygen atoms in total. The number of aliphatic imine (C=N–C) groups is 1. The molecule has 0 spiro atoms. The minimum absolute atomic E-state index is 0. The molecule has 1 saturated heterocycles. The summed E-state index contributed by atoms with van der Waals surface area (Å²) in [7, 11) is 0. The third-order valence-corrected chi connectivity index (χ3v) is 5.38. The van der Waals surface area contributed by atoms with Gasteiger partial charge in [-0.15, -0.1) is 24.0 Å². The lowest BCUT2D eigenvalue weighted by molar-refractivity contribution is 0.0263. The maximum atomic E-state index is 5.76. The van der Waals surface area contributed by atoms with Gasteiger partial charge in [0.2, 0.25) is 0 Å². The fraction of sp³-hybridized carbons (Fsp3) is 0.632. The van der Waals surface area contributed by atoms with Gasteiger partial charge in [0.05, 0.1) is 6.10 Å². The van der Waals surface area contributed by atoms with E-state index in [4.69, 9.17) is 9.73 Å². The van der Waals surface area contributed by atoms with Gasteiger partial charge in [-0.25, -0.2) is 0 Å². The Kier molecular flexibility index (Phi) is 8.48. The molecule has 1 aromatic carbocycles. The highest BCUT2D eigenvalue weighted by atomic mass is 127. The summed E-state index contributed by atoms with van der Waals surface area (Å²) in [6, 6.07) is 9.22. The first kappa shape index (κ1) is 21.0. The van der Waals surface area contributed by atoms with Crippen molar-refractivity contribution in [2.45, 2.75) is 51.2 Å². The van der Waals surface area contributed by atoms with Crippen LogP contribution in [0, 0.1) is 0 Å². The number of nitrogens with zero attached hydrogens (tertiary/aromatic N) is 2. The van der Waals surface area contributed by atoms with Gasteiger partial charge in [-0.3, -0.25) is 4.99 Å². The lowest BCUT2D eigenvalue weighted by Crippen LogP contribution is -2.48. The van der Waals surface area contributed by atoms with E-state index in [1.807, 2.05) is 0 Å². The van der Waals surface area contributed by atoms with E-state index in [0.717, 1.165) is 49.5 Å². The molecule has 0 amide bonds. The van der Waals surface area contributed by atoms with Crippen LogP contribution in [-0.4, -0.2) is 49.2 Å². The number of hydrogen-bond acceptors (Lipinski definition) is 2. The molecule has 1 aromatic rings. The zero-order valence-corrected chi connectivity index (χ0v) is 19.0. The Morgan fingerprint density at radius 2 is 1.92 bits per heavy atom. The van der Waals surface area contributed by atoms with Crippen molar-refractivity contribution in [2.75, 3.05) is 26.2 Å². The summed E-state index contributed by atoms with van der Waals surface area (Å²) in [5, 5.41) is 3.69. The molecule has 1 aliphatic heterocycles. The number of halogens is 2. The number of benzene rings is 1. The normalized spacial score (nSPS) is 24.0. The van der Waals surface area contributed by atoms with Gasteiger partial charge in [-0.2, -0.15) is 0 Å². The fourth-order valence-electron chi connectivity index (χ4n) is 3.46. The second kappa shape index (κ2) is 10.1. The zero-order valence-electron chi connectivity index (χ0n) is 15.1. The lowest BCUT2D eigenvalue weighted by Gasteiger charge is -2.34. The summed E-state index contributed by atoms with van der Waals surface area (Å²) in [5.41, 5.74) is 1.42. The molecule has 1 N–H and O–H groups in total. The summed E-state index contributed by atoms with van der Waals surface area (Å²) in [6.45, 7) is 7.89. The van der Waals surface area contributed by atoms with E-state index in [1.54, 1.807) is 0 Å². The molecule has 25 heavy (non-hydrogen) atoms. The number of rotatable bonds is 5. The molecule has 1 aliphatic carbocycles. The zero-order chi connectivity index (χ0) is 16.9. The lowest BCUT2D eigenvalue weighted by atomic mass is 10.1. The molecule has 3 rings (SSSR count). The van der Waals surface area contributed by atoms with E-state index in [9.17, 15) is 0 Å². The molecule has 6 heteroatoms. The molecule has 0 radical (unpaired) electrons. The average Bonchev–Trinajstić information content (AvgIpc) is 3.35. The van der Waals surface area contributed by atoms with Crippen molar-refractivity contribution in [3.05, 3.63) is 34.3 Å². The van der Waals surface area contributed by atoms with Crippen molar-refractivity contribution in [3.63, 3.8) is 0 Å². The van der Waals surface area contributed by atoms with Crippen LogP contribution in [0.25, 0.3) is 0 Å². The van der Waals surface area contributed by atoms with Crippen molar-refractivity contribution in [1.82, 2.24) is 10.2 Å². The highest BCUT2D eigenvalue weighted by Crippen LogP contribution is 2.41. The Bertz CT molecular complexity index is 558. The molecule has 2 fully saturated rings. The van der Waals surface area contributed by atoms with Gasteiger partial charge in [-0.1, -0.05) is 28.1 Å². The number of ether oxygens (including phenoxy) is 1. The van der Waals surface area contributed by atoms with Crippen LogP contribution in [0.15, 0.2) is 33.7 Å². The monoisotopic (exact) mass is 521 g/mol. The van der Waals surface area contributed by atoms with Gasteiger partial charge >= 0.3 is 0 Å². The predicted molar refractivity (Wildman–Crippen MR) is 118 cm³/mol. The van der Waals surface area contributed by atoms with Gasteiger partial charge in [0.15, 0.2) is 5.96 Å². The number of guanidine groups is 1. The van der Waals surface area contributed by atoms with E-state index in [1.165, 1.54) is 12.0 Å². The number of piperidine rings is 1. The molecule has 2 aliphatic rings. The third-order valence-electron chi connectivity index (χ3n) is 4.85. The fourth-order valence-corrected chi connectivity index (χ4v) is 3.72. The number of hydrogen-bond donors (Lipinski definition) is 1. The van der Waals surface area contributed by atoms with Crippen molar-refractivity contribution >= 4 is 45.9 Å². The molecular weight excluding hydrogens is 493 g/mol. The molecule has 140 valence electrons. The van der Waals surface area contributed by atoms with Gasteiger partial charge in [0, 0.05) is 42.7 Å². The predicted octanol–water partition coefficient (Wildman–Crippen LogP) is 4.39. The Balaban J connectivity index is 0.00000225. The second-order valence-corrected chi connectivity index (χ2v) is 7.50. The minimum atomic E-state index is 0. The standard InChI is InChI=1S/C19H28BrN3O.HI/c1-3-21-19(23-11-9-16(10-12-23)24-4-2)22-18-13-17(18)14-5-7-15(20)8-6-14;/h5-8,16-18H,3-4,9-13H2,1-2H3,(H,21,22);1H. The summed E-state index contributed by atoms with van der Waals surface area (Å²) < 4.78 is 6.90. The van der Waals surface area contributed by atoms with Crippen molar-refractivity contribution in [1.29, 1.82) is 0 Å².